The Labute approximate surface area is 173 Å². The molecule has 3 rings (SSSR count). The Morgan fingerprint density at radius 1 is 1.10 bits per heavy atom. The van der Waals surface area contributed by atoms with E-state index < -0.39 is 24.0 Å². The second-order valence-electron chi connectivity index (χ2n) is 7.02. The number of phenols is 1. The lowest BCUT2D eigenvalue weighted by Gasteiger charge is -2.22. The average Bonchev–Trinajstić information content (AvgIpc) is 3.31. The van der Waals surface area contributed by atoms with E-state index in [0.717, 1.165) is 12.8 Å². The van der Waals surface area contributed by atoms with E-state index in [4.69, 9.17) is 4.74 Å². The van der Waals surface area contributed by atoms with Crippen LogP contribution in [0.2, 0.25) is 0 Å². The smallest absolute Gasteiger partial charge is 0.254 e. The van der Waals surface area contributed by atoms with Gasteiger partial charge in [-0.2, -0.15) is 0 Å². The molecule has 1 aromatic carbocycles. The number of para-hydroxylation sites is 1. The number of nitrogens with zero attached hydrogens (tertiary/aromatic N) is 2. The number of aliphatic hydroxyl groups is 2. The number of aromatic hydroxyl groups is 1. The molecule has 1 fully saturated rings. The standard InChI is InChI=1S/C21H25N3O6/c1-30-20-15(14-6-2-3-7-16(14)25)9-8-13(23-20)12-22-19(28)17(26)18(27)21(29)24-10-4-5-11-24/h2-3,6-9,17-18,25-27H,4-5,10-12H2,1H3,(H,22,28)/t17-,18-/m1/s1. The minimum Gasteiger partial charge on any atom is -0.507 e. The minimum absolute atomic E-state index is 0.0437. The van der Waals surface area contributed by atoms with Crippen molar-refractivity contribution >= 4 is 11.8 Å². The van der Waals surface area contributed by atoms with Crippen molar-refractivity contribution in [2.24, 2.45) is 0 Å². The summed E-state index contributed by atoms with van der Waals surface area (Å²) in [6, 6.07) is 10.1. The van der Waals surface area contributed by atoms with Crippen LogP contribution >= 0.6 is 0 Å². The first-order valence-electron chi connectivity index (χ1n) is 9.67. The van der Waals surface area contributed by atoms with Gasteiger partial charge < -0.3 is 30.3 Å². The lowest BCUT2D eigenvalue weighted by molar-refractivity contribution is -0.152. The van der Waals surface area contributed by atoms with Crippen LogP contribution in [-0.2, 0) is 16.1 Å². The van der Waals surface area contributed by atoms with Crippen LogP contribution in [0.3, 0.4) is 0 Å². The van der Waals surface area contributed by atoms with Crippen LogP contribution in [0.25, 0.3) is 11.1 Å². The summed E-state index contributed by atoms with van der Waals surface area (Å²) in [5.41, 5.74) is 1.57. The molecule has 2 atom stereocenters. The number of methoxy groups -OCH3 is 1. The number of rotatable bonds is 7. The summed E-state index contributed by atoms with van der Waals surface area (Å²) in [5, 5.41) is 32.6. The molecule has 160 valence electrons. The van der Waals surface area contributed by atoms with Crippen molar-refractivity contribution in [3.8, 4) is 22.8 Å². The molecule has 2 heterocycles. The minimum atomic E-state index is -1.87. The third kappa shape index (κ3) is 4.69. The van der Waals surface area contributed by atoms with Crippen LogP contribution in [0.4, 0.5) is 0 Å². The summed E-state index contributed by atoms with van der Waals surface area (Å²) in [6.07, 6.45) is -2.01. The van der Waals surface area contributed by atoms with Crippen LogP contribution < -0.4 is 10.1 Å². The molecule has 0 spiro atoms. The number of amides is 2. The number of carbonyl (C=O) groups is 2. The molecule has 9 nitrogen and oxygen atoms in total. The number of aliphatic hydroxyl groups excluding tert-OH is 2. The second kappa shape index (κ2) is 9.55. The van der Waals surface area contributed by atoms with E-state index >= 15 is 0 Å². The van der Waals surface area contributed by atoms with E-state index in [2.05, 4.69) is 10.3 Å². The van der Waals surface area contributed by atoms with Gasteiger partial charge in [0, 0.05) is 24.2 Å². The number of hydrogen-bond acceptors (Lipinski definition) is 7. The molecule has 1 aromatic heterocycles. The molecule has 1 aliphatic rings. The van der Waals surface area contributed by atoms with Gasteiger partial charge >= 0.3 is 0 Å². The van der Waals surface area contributed by atoms with Gasteiger partial charge in [0.1, 0.15) is 5.75 Å². The summed E-state index contributed by atoms with van der Waals surface area (Å²) >= 11 is 0. The van der Waals surface area contributed by atoms with Gasteiger partial charge in [0.25, 0.3) is 11.8 Å². The Kier molecular flexibility index (Phi) is 6.86. The Hall–Kier alpha value is -3.17. The van der Waals surface area contributed by atoms with Crippen molar-refractivity contribution in [1.29, 1.82) is 0 Å². The molecular formula is C21H25N3O6. The summed E-state index contributed by atoms with van der Waals surface area (Å²) in [5.74, 6) is -1.19. The fourth-order valence-electron chi connectivity index (χ4n) is 3.32. The monoisotopic (exact) mass is 415 g/mol. The van der Waals surface area contributed by atoms with Gasteiger partial charge in [-0.1, -0.05) is 18.2 Å². The van der Waals surface area contributed by atoms with Crippen molar-refractivity contribution in [2.75, 3.05) is 20.2 Å². The topological polar surface area (TPSA) is 132 Å². The van der Waals surface area contributed by atoms with Crippen molar-refractivity contribution in [2.45, 2.75) is 31.6 Å². The molecule has 30 heavy (non-hydrogen) atoms. The quantitative estimate of drug-likeness (QED) is 0.515. The Morgan fingerprint density at radius 3 is 2.47 bits per heavy atom. The zero-order valence-electron chi connectivity index (χ0n) is 16.6. The number of likely N-dealkylation sites (tertiary alicyclic amines) is 1. The molecule has 0 bridgehead atoms. The molecule has 2 amide bonds. The SMILES string of the molecule is COc1nc(CNC(=O)[C@H](O)[C@@H](O)C(=O)N2CCCC2)ccc1-c1ccccc1O. The van der Waals surface area contributed by atoms with Crippen LogP contribution in [0.15, 0.2) is 36.4 Å². The van der Waals surface area contributed by atoms with Gasteiger partial charge in [0.15, 0.2) is 12.2 Å². The lowest BCUT2D eigenvalue weighted by atomic mass is 10.1. The number of benzene rings is 1. The van der Waals surface area contributed by atoms with Crippen LogP contribution in [0.5, 0.6) is 11.6 Å². The lowest BCUT2D eigenvalue weighted by Crippen LogP contribution is -2.50. The molecular weight excluding hydrogens is 390 g/mol. The molecule has 1 aliphatic heterocycles. The molecule has 0 saturated carbocycles. The predicted molar refractivity (Wildman–Crippen MR) is 108 cm³/mol. The average molecular weight is 415 g/mol. The fraction of sp³-hybridized carbons (Fsp3) is 0.381. The van der Waals surface area contributed by atoms with E-state index in [1.165, 1.54) is 12.0 Å². The number of aromatic nitrogens is 1. The first-order valence-corrected chi connectivity index (χ1v) is 9.67. The zero-order chi connectivity index (χ0) is 21.7. The van der Waals surface area contributed by atoms with E-state index in [9.17, 15) is 24.9 Å². The predicted octanol–water partition coefficient (Wildman–Crippen LogP) is 0.423. The normalized spacial score (nSPS) is 15.5. The third-order valence-corrected chi connectivity index (χ3v) is 4.99. The van der Waals surface area contributed by atoms with Crippen molar-refractivity contribution in [3.05, 3.63) is 42.1 Å². The number of pyridine rings is 1. The molecule has 0 unspecified atom stereocenters. The summed E-state index contributed by atoms with van der Waals surface area (Å²) in [4.78, 5) is 30.1. The highest BCUT2D eigenvalue weighted by Crippen LogP contribution is 2.34. The van der Waals surface area contributed by atoms with Gasteiger partial charge in [-0.15, -0.1) is 0 Å². The molecule has 2 aromatic rings. The van der Waals surface area contributed by atoms with E-state index in [0.29, 0.717) is 29.9 Å². The molecule has 4 N–H and O–H groups in total. The van der Waals surface area contributed by atoms with Gasteiger partial charge in [-0.05, 0) is 31.0 Å². The number of nitrogens with one attached hydrogen (secondary N) is 1. The van der Waals surface area contributed by atoms with Gasteiger partial charge in [-0.25, -0.2) is 4.98 Å². The third-order valence-electron chi connectivity index (χ3n) is 4.99. The maximum Gasteiger partial charge on any atom is 0.254 e. The van der Waals surface area contributed by atoms with E-state index in [1.807, 2.05) is 0 Å². The van der Waals surface area contributed by atoms with Gasteiger partial charge in [0.05, 0.1) is 19.3 Å². The summed E-state index contributed by atoms with van der Waals surface area (Å²) in [6.45, 7) is 0.979. The van der Waals surface area contributed by atoms with Crippen molar-refractivity contribution in [3.63, 3.8) is 0 Å². The molecule has 1 saturated heterocycles. The van der Waals surface area contributed by atoms with Crippen LogP contribution in [0.1, 0.15) is 18.5 Å². The van der Waals surface area contributed by atoms with Gasteiger partial charge in [0.2, 0.25) is 5.88 Å². The van der Waals surface area contributed by atoms with Crippen LogP contribution in [0, 0.1) is 0 Å². The highest BCUT2D eigenvalue weighted by molar-refractivity contribution is 5.90. The number of phenolic OH excluding ortho intramolecular Hbond substituents is 1. The van der Waals surface area contributed by atoms with Crippen LogP contribution in [-0.4, -0.2) is 69.4 Å². The molecule has 0 radical (unpaired) electrons. The Balaban J connectivity index is 1.64. The number of carbonyl (C=O) groups excluding carboxylic acids is 2. The van der Waals surface area contributed by atoms with E-state index in [1.54, 1.807) is 36.4 Å². The first kappa shape index (κ1) is 21.5. The summed E-state index contributed by atoms with van der Waals surface area (Å²) < 4.78 is 5.30. The Bertz CT molecular complexity index is 913. The van der Waals surface area contributed by atoms with E-state index in [-0.39, 0.29) is 18.2 Å². The second-order valence-corrected chi connectivity index (χ2v) is 7.02. The first-order chi connectivity index (χ1) is 14.4. The Morgan fingerprint density at radius 2 is 1.80 bits per heavy atom. The maximum atomic E-state index is 12.2. The maximum absolute atomic E-state index is 12.2. The van der Waals surface area contributed by atoms with Crippen molar-refractivity contribution in [1.82, 2.24) is 15.2 Å². The number of hydrogen-bond donors (Lipinski definition) is 4. The zero-order valence-corrected chi connectivity index (χ0v) is 16.6. The summed E-state index contributed by atoms with van der Waals surface area (Å²) in [7, 11) is 1.44. The highest BCUT2D eigenvalue weighted by atomic mass is 16.5. The molecule has 9 heteroatoms. The van der Waals surface area contributed by atoms with Gasteiger partial charge in [-0.3, -0.25) is 9.59 Å². The largest absolute Gasteiger partial charge is 0.507 e. The highest BCUT2D eigenvalue weighted by Gasteiger charge is 2.34. The fourth-order valence-corrected chi connectivity index (χ4v) is 3.32. The number of ether oxygens (including phenoxy) is 1. The molecule has 0 aliphatic carbocycles. The van der Waals surface area contributed by atoms with Crippen molar-refractivity contribution < 1.29 is 29.6 Å².